The first-order valence-electron chi connectivity index (χ1n) is 7.64. The predicted molar refractivity (Wildman–Crippen MR) is 88.1 cm³/mol. The molecule has 2 rings (SSSR count). The van der Waals surface area contributed by atoms with Gasteiger partial charge in [0.05, 0.1) is 0 Å². The van der Waals surface area contributed by atoms with Crippen LogP contribution in [0.4, 0.5) is 0 Å². The Morgan fingerprint density at radius 3 is 2.52 bits per heavy atom. The Bertz CT molecular complexity index is 570. The highest BCUT2D eigenvalue weighted by Gasteiger charge is 2.32. The molecule has 1 aromatic rings. The highest BCUT2D eigenvalue weighted by Crippen LogP contribution is 2.32. The van der Waals surface area contributed by atoms with Crippen LogP contribution in [0.25, 0.3) is 0 Å². The Kier molecular flexibility index (Phi) is 5.46. The van der Waals surface area contributed by atoms with E-state index in [2.05, 4.69) is 26.1 Å². The summed E-state index contributed by atoms with van der Waals surface area (Å²) in [7, 11) is -3.33. The predicted octanol–water partition coefficient (Wildman–Crippen LogP) is 2.83. The number of rotatable bonds is 5. The Labute approximate surface area is 132 Å². The van der Waals surface area contributed by atoms with Crippen molar-refractivity contribution < 1.29 is 8.42 Å². The van der Waals surface area contributed by atoms with Crippen LogP contribution in [0.15, 0.2) is 10.3 Å². The summed E-state index contributed by atoms with van der Waals surface area (Å²) in [6, 6.07) is 1.83. The molecule has 2 heterocycles. The summed E-state index contributed by atoms with van der Waals surface area (Å²) in [5, 5.41) is 3.27. The van der Waals surface area contributed by atoms with Gasteiger partial charge in [0.15, 0.2) is 0 Å². The molecule has 1 saturated heterocycles. The maximum absolute atomic E-state index is 12.8. The van der Waals surface area contributed by atoms with Crippen molar-refractivity contribution in [3.8, 4) is 0 Å². The van der Waals surface area contributed by atoms with Crippen molar-refractivity contribution in [2.24, 2.45) is 11.8 Å². The maximum Gasteiger partial charge on any atom is 0.252 e. The van der Waals surface area contributed by atoms with Crippen LogP contribution < -0.4 is 5.32 Å². The molecule has 21 heavy (non-hydrogen) atoms. The van der Waals surface area contributed by atoms with E-state index in [1.807, 2.05) is 13.0 Å². The highest BCUT2D eigenvalue weighted by molar-refractivity contribution is 7.91. The van der Waals surface area contributed by atoms with Crippen LogP contribution in [0.5, 0.6) is 0 Å². The van der Waals surface area contributed by atoms with Crippen molar-refractivity contribution >= 4 is 21.4 Å². The smallest absolute Gasteiger partial charge is 0.252 e. The summed E-state index contributed by atoms with van der Waals surface area (Å²) in [5.74, 6) is 0.872. The molecule has 0 aromatic carbocycles. The molecule has 1 aromatic heterocycles. The van der Waals surface area contributed by atoms with E-state index in [4.69, 9.17) is 0 Å². The molecule has 0 radical (unpaired) electrons. The normalized spacial score (nSPS) is 24.4. The van der Waals surface area contributed by atoms with Gasteiger partial charge in [-0.2, -0.15) is 4.31 Å². The molecule has 6 heteroatoms. The van der Waals surface area contributed by atoms with E-state index < -0.39 is 10.0 Å². The van der Waals surface area contributed by atoms with Gasteiger partial charge in [0.2, 0.25) is 0 Å². The van der Waals surface area contributed by atoms with Gasteiger partial charge < -0.3 is 5.32 Å². The summed E-state index contributed by atoms with van der Waals surface area (Å²) in [6.07, 6.45) is 1.11. The second kappa shape index (κ2) is 6.77. The fraction of sp³-hybridized carbons (Fsp3) is 0.733. The molecule has 0 aliphatic carbocycles. The van der Waals surface area contributed by atoms with E-state index in [0.717, 1.165) is 30.0 Å². The highest BCUT2D eigenvalue weighted by atomic mass is 32.2. The Morgan fingerprint density at radius 1 is 1.33 bits per heavy atom. The number of hydrogen-bond donors (Lipinski definition) is 1. The Morgan fingerprint density at radius 2 is 1.95 bits per heavy atom. The largest absolute Gasteiger partial charge is 0.312 e. The van der Waals surface area contributed by atoms with Gasteiger partial charge in [0.25, 0.3) is 10.0 Å². The van der Waals surface area contributed by atoms with Crippen LogP contribution in [-0.2, 0) is 16.6 Å². The molecule has 1 aliphatic rings. The molecule has 4 nitrogen and oxygen atoms in total. The van der Waals surface area contributed by atoms with Crippen molar-refractivity contribution in [3.63, 3.8) is 0 Å². The molecular weight excluding hydrogens is 304 g/mol. The zero-order valence-electron chi connectivity index (χ0n) is 13.3. The van der Waals surface area contributed by atoms with Gasteiger partial charge in [0.1, 0.15) is 4.21 Å². The first-order chi connectivity index (χ1) is 9.84. The summed E-state index contributed by atoms with van der Waals surface area (Å²) in [4.78, 5) is 1.12. The minimum atomic E-state index is -3.33. The van der Waals surface area contributed by atoms with Crippen LogP contribution in [0.1, 0.15) is 37.6 Å². The van der Waals surface area contributed by atoms with Gasteiger partial charge in [-0.05, 0) is 43.4 Å². The van der Waals surface area contributed by atoms with Crippen LogP contribution in [0.2, 0.25) is 0 Å². The van der Waals surface area contributed by atoms with Gasteiger partial charge in [-0.1, -0.05) is 20.8 Å². The second-order valence-electron chi connectivity index (χ2n) is 6.22. The van der Waals surface area contributed by atoms with E-state index in [-0.39, 0.29) is 0 Å². The quantitative estimate of drug-likeness (QED) is 0.903. The Hall–Kier alpha value is -0.430. The molecule has 0 spiro atoms. The van der Waals surface area contributed by atoms with Crippen LogP contribution >= 0.6 is 11.3 Å². The number of nitrogens with zero attached hydrogens (tertiary/aromatic N) is 1. The molecule has 1 N–H and O–H groups in total. The van der Waals surface area contributed by atoms with Crippen molar-refractivity contribution in [2.75, 3.05) is 19.6 Å². The summed E-state index contributed by atoms with van der Waals surface area (Å²) in [5.41, 5.74) is 1.07. The zero-order chi connectivity index (χ0) is 15.6. The fourth-order valence-electron chi connectivity index (χ4n) is 2.96. The zero-order valence-corrected chi connectivity index (χ0v) is 15.0. The molecular formula is C15H26N2O2S2. The second-order valence-corrected chi connectivity index (χ2v) is 9.52. The van der Waals surface area contributed by atoms with Crippen LogP contribution in [0.3, 0.4) is 0 Å². The third-order valence-corrected chi connectivity index (χ3v) is 7.48. The molecule has 0 saturated carbocycles. The SMILES string of the molecule is CCNCc1sc(S(=O)(=O)N2CC(C)CC(C)C2)cc1C. The topological polar surface area (TPSA) is 49.4 Å². The summed E-state index contributed by atoms with van der Waals surface area (Å²) < 4.78 is 27.8. The molecule has 2 atom stereocenters. The minimum Gasteiger partial charge on any atom is -0.312 e. The van der Waals surface area contributed by atoms with Crippen molar-refractivity contribution in [1.82, 2.24) is 9.62 Å². The number of nitrogens with one attached hydrogen (secondary N) is 1. The minimum absolute atomic E-state index is 0.436. The molecule has 0 bridgehead atoms. The van der Waals surface area contributed by atoms with Crippen LogP contribution in [0, 0.1) is 18.8 Å². The molecule has 1 aliphatic heterocycles. The van der Waals surface area contributed by atoms with Gasteiger partial charge in [-0.25, -0.2) is 8.42 Å². The molecule has 120 valence electrons. The lowest BCUT2D eigenvalue weighted by molar-refractivity contribution is 0.223. The van der Waals surface area contributed by atoms with Crippen LogP contribution in [-0.4, -0.2) is 32.4 Å². The number of aryl methyl sites for hydroxylation is 1. The lowest BCUT2D eigenvalue weighted by Crippen LogP contribution is -2.42. The maximum atomic E-state index is 12.8. The first kappa shape index (κ1) is 16.9. The van der Waals surface area contributed by atoms with E-state index >= 15 is 0 Å². The van der Waals surface area contributed by atoms with E-state index in [9.17, 15) is 8.42 Å². The lowest BCUT2D eigenvalue weighted by Gasteiger charge is -2.33. The monoisotopic (exact) mass is 330 g/mol. The van der Waals surface area contributed by atoms with Gasteiger partial charge >= 0.3 is 0 Å². The van der Waals surface area contributed by atoms with Gasteiger partial charge in [-0.3, -0.25) is 0 Å². The van der Waals surface area contributed by atoms with Crippen molar-refractivity contribution in [2.45, 2.75) is 44.9 Å². The lowest BCUT2D eigenvalue weighted by atomic mass is 9.94. The molecule has 1 fully saturated rings. The fourth-order valence-corrected chi connectivity index (χ4v) is 6.35. The van der Waals surface area contributed by atoms with Gasteiger partial charge in [0, 0.05) is 24.5 Å². The van der Waals surface area contributed by atoms with Crippen molar-refractivity contribution in [1.29, 1.82) is 0 Å². The Balaban J connectivity index is 2.23. The summed E-state index contributed by atoms with van der Waals surface area (Å²) >= 11 is 1.41. The number of sulfonamides is 1. The van der Waals surface area contributed by atoms with Gasteiger partial charge in [-0.15, -0.1) is 11.3 Å². The number of piperidine rings is 1. The van der Waals surface area contributed by atoms with Crippen molar-refractivity contribution in [3.05, 3.63) is 16.5 Å². The average molecular weight is 331 g/mol. The average Bonchev–Trinajstić information content (AvgIpc) is 2.77. The third kappa shape index (κ3) is 3.86. The standard InChI is InChI=1S/C15H26N2O2S2/c1-5-16-8-14-13(4)7-15(20-14)21(18,19)17-9-11(2)6-12(3)10-17/h7,11-12,16H,5-6,8-10H2,1-4H3. The summed E-state index contributed by atoms with van der Waals surface area (Å²) in [6.45, 7) is 11.2. The van der Waals surface area contributed by atoms with E-state index in [1.165, 1.54) is 11.3 Å². The van der Waals surface area contributed by atoms with E-state index in [1.54, 1.807) is 4.31 Å². The molecule has 0 amide bonds. The number of hydrogen-bond acceptors (Lipinski definition) is 4. The first-order valence-corrected chi connectivity index (χ1v) is 9.90. The molecule has 2 unspecified atom stereocenters. The third-order valence-electron chi connectivity index (χ3n) is 3.96. The van der Waals surface area contributed by atoms with E-state index in [0.29, 0.717) is 29.1 Å². The number of thiophene rings is 1.